The number of carbonyl (C=O) groups is 2. The number of ether oxygens (including phenoxy) is 4. The molecule has 0 fully saturated rings. The molecule has 0 radical (unpaired) electrons. The quantitative estimate of drug-likeness (QED) is 0.0299. The third-order valence-electron chi connectivity index (χ3n) is 13.5. The van der Waals surface area contributed by atoms with E-state index in [4.69, 9.17) is 42.1 Å². The Morgan fingerprint density at radius 3 is 1.54 bits per heavy atom. The topological polar surface area (TPSA) is 209 Å². The molecule has 18 heteroatoms. The Morgan fingerprint density at radius 2 is 1.10 bits per heavy atom. The van der Waals surface area contributed by atoms with Crippen molar-refractivity contribution in [3.63, 3.8) is 0 Å². The number of aromatic nitrogens is 2. The van der Waals surface area contributed by atoms with Crippen LogP contribution in [-0.4, -0.2) is 116 Å². The SMILES string of the molecule is CCCN(Cc1cc(Cl)c(OCc2cccc(-c3cccc(COc4cc(OCc5cncc(C6=NC6)c5)c(CN(CCC)[C@@H](CCO)C(=O)O)cc4Cl)c3C)c2C)cc1OCc1cncc(C=NC)c1)[C@@H](CCO)C(=O)O. The van der Waals surface area contributed by atoms with Crippen molar-refractivity contribution in [2.75, 3.05) is 39.9 Å². The summed E-state index contributed by atoms with van der Waals surface area (Å²) in [7, 11) is 1.69. The lowest BCUT2D eigenvalue weighted by Gasteiger charge is -2.29. The van der Waals surface area contributed by atoms with Crippen LogP contribution >= 0.6 is 23.2 Å². The van der Waals surface area contributed by atoms with Crippen molar-refractivity contribution in [2.24, 2.45) is 9.98 Å². The Hall–Kier alpha value is -6.92. The number of halogens is 2. The van der Waals surface area contributed by atoms with E-state index in [1.165, 1.54) is 0 Å². The van der Waals surface area contributed by atoms with Crippen LogP contribution < -0.4 is 18.9 Å². The van der Waals surface area contributed by atoms with Crippen LogP contribution in [-0.2, 0) is 49.1 Å². The van der Waals surface area contributed by atoms with Crippen LogP contribution in [0.15, 0.2) is 108 Å². The van der Waals surface area contributed by atoms with Crippen LogP contribution in [0.3, 0.4) is 0 Å². The van der Waals surface area contributed by atoms with Gasteiger partial charge in [-0.15, -0.1) is 0 Å². The molecule has 6 aromatic rings. The van der Waals surface area contributed by atoms with Crippen LogP contribution in [0, 0.1) is 13.8 Å². The maximum absolute atomic E-state index is 12.4. The molecule has 0 saturated heterocycles. The van der Waals surface area contributed by atoms with Crippen molar-refractivity contribution in [2.45, 2.75) is 105 Å². The summed E-state index contributed by atoms with van der Waals surface area (Å²) in [5.41, 5.74) is 11.6. The first-order valence-electron chi connectivity index (χ1n) is 26.1. The van der Waals surface area contributed by atoms with Gasteiger partial charge in [0.15, 0.2) is 0 Å². The van der Waals surface area contributed by atoms with Gasteiger partial charge in [-0.2, -0.15) is 0 Å². The van der Waals surface area contributed by atoms with E-state index in [9.17, 15) is 30.0 Å². The summed E-state index contributed by atoms with van der Waals surface area (Å²) in [6.07, 6.45) is 10.1. The molecule has 1 aliphatic heterocycles. The molecule has 78 heavy (non-hydrogen) atoms. The number of aliphatic hydroxyl groups excluding tert-OH is 2. The van der Waals surface area contributed by atoms with Gasteiger partial charge in [0.05, 0.1) is 22.3 Å². The maximum atomic E-state index is 12.4. The lowest BCUT2D eigenvalue weighted by molar-refractivity contribution is -0.145. The minimum atomic E-state index is -1.02. The zero-order valence-electron chi connectivity index (χ0n) is 44.8. The van der Waals surface area contributed by atoms with E-state index < -0.39 is 24.0 Å². The predicted octanol–water partition coefficient (Wildman–Crippen LogP) is 10.3. The number of aliphatic hydroxyl groups is 2. The molecule has 7 rings (SSSR count). The van der Waals surface area contributed by atoms with E-state index in [1.54, 1.807) is 62.3 Å². The van der Waals surface area contributed by atoms with Crippen LogP contribution in [0.4, 0.5) is 0 Å². The molecular formula is C60H68Cl2N6O10. The molecule has 16 nitrogen and oxygen atoms in total. The van der Waals surface area contributed by atoms with Gasteiger partial charge in [0, 0.05) is 110 Å². The summed E-state index contributed by atoms with van der Waals surface area (Å²) >= 11 is 14.0. The third kappa shape index (κ3) is 15.6. The summed E-state index contributed by atoms with van der Waals surface area (Å²) in [6, 6.07) is 21.2. The lowest BCUT2D eigenvalue weighted by Crippen LogP contribution is -2.42. The van der Waals surface area contributed by atoms with Crippen molar-refractivity contribution in [1.29, 1.82) is 0 Å². The molecule has 2 aromatic heterocycles. The van der Waals surface area contributed by atoms with E-state index in [-0.39, 0.29) is 65.6 Å². The van der Waals surface area contributed by atoms with Crippen LogP contribution in [0.2, 0.25) is 10.0 Å². The zero-order chi connectivity index (χ0) is 55.7. The highest BCUT2D eigenvalue weighted by molar-refractivity contribution is 6.32. The van der Waals surface area contributed by atoms with Crippen LogP contribution in [0.1, 0.15) is 95.2 Å². The largest absolute Gasteiger partial charge is 0.488 e. The smallest absolute Gasteiger partial charge is 0.321 e. The fourth-order valence-electron chi connectivity index (χ4n) is 9.41. The van der Waals surface area contributed by atoms with Gasteiger partial charge in [0.25, 0.3) is 0 Å². The van der Waals surface area contributed by atoms with E-state index in [0.717, 1.165) is 61.3 Å². The highest BCUT2D eigenvalue weighted by Crippen LogP contribution is 2.39. The highest BCUT2D eigenvalue weighted by Gasteiger charge is 2.28. The average molecular weight is 1100 g/mol. The molecule has 0 aliphatic carbocycles. The van der Waals surface area contributed by atoms with Gasteiger partial charge in [0.2, 0.25) is 0 Å². The van der Waals surface area contributed by atoms with Crippen molar-refractivity contribution in [3.8, 4) is 34.1 Å². The minimum Gasteiger partial charge on any atom is -0.488 e. The second-order valence-corrected chi connectivity index (χ2v) is 20.0. The number of rotatable bonds is 31. The van der Waals surface area contributed by atoms with Gasteiger partial charge in [-0.05, 0) is 110 Å². The molecule has 0 unspecified atom stereocenters. The molecule has 4 aromatic carbocycles. The zero-order valence-corrected chi connectivity index (χ0v) is 46.3. The molecule has 0 amide bonds. The Kier molecular flexibility index (Phi) is 21.6. The standard InChI is InChI=1S/C60H68Cl2N6O10/c1-6-16-67(53(14-18-69)59(71)72)32-46-22-50(61)57(24-55(46)75-34-41-20-40(26-63-5)27-64-28-41)77-36-43-10-8-12-48(38(43)3)49-13-9-11-44(39(49)4)37-78-58-25-56(76-35-42-21-45(30-65-29-42)52-31-66-52)47(23-51(58)62)33-68(17-7-2)54(15-19-70)60(73)74/h8-13,20-30,53-54,69-70H,6-7,14-19,31-37H2,1-5H3,(H,71,72)(H,73,74)/t53-,54-/m0/s1. The Balaban J connectivity index is 1.12. The number of carboxylic acids is 2. The monoisotopic (exact) mass is 1100 g/mol. The molecule has 1 aliphatic rings. The predicted molar refractivity (Wildman–Crippen MR) is 303 cm³/mol. The Labute approximate surface area is 466 Å². The van der Waals surface area contributed by atoms with Crippen LogP contribution in [0.25, 0.3) is 11.1 Å². The molecule has 2 atom stereocenters. The van der Waals surface area contributed by atoms with Gasteiger partial charge in [-0.3, -0.25) is 39.3 Å². The summed E-state index contributed by atoms with van der Waals surface area (Å²) in [5.74, 6) is -0.336. The minimum absolute atomic E-state index is 0.0629. The van der Waals surface area contributed by atoms with E-state index >= 15 is 0 Å². The van der Waals surface area contributed by atoms with Gasteiger partial charge in [0.1, 0.15) is 61.5 Å². The maximum Gasteiger partial charge on any atom is 0.321 e. The molecule has 4 N–H and O–H groups in total. The van der Waals surface area contributed by atoms with Crippen molar-refractivity contribution in [1.82, 2.24) is 19.8 Å². The van der Waals surface area contributed by atoms with E-state index in [2.05, 4.69) is 39.0 Å². The summed E-state index contributed by atoms with van der Waals surface area (Å²) in [6.45, 7) is 10.2. The average Bonchev–Trinajstić information content (AvgIpc) is 4.28. The molecule has 0 saturated carbocycles. The summed E-state index contributed by atoms with van der Waals surface area (Å²) in [5, 5.41) is 40.4. The van der Waals surface area contributed by atoms with E-state index in [1.807, 2.05) is 67.0 Å². The van der Waals surface area contributed by atoms with Gasteiger partial charge >= 0.3 is 11.9 Å². The van der Waals surface area contributed by atoms with Gasteiger partial charge in [-0.25, -0.2) is 0 Å². The summed E-state index contributed by atoms with van der Waals surface area (Å²) in [4.78, 5) is 45.5. The Bertz CT molecular complexity index is 3100. The first-order chi connectivity index (χ1) is 37.7. The normalized spacial score (nSPS) is 12.9. The molecule has 0 spiro atoms. The first-order valence-corrected chi connectivity index (χ1v) is 26.8. The van der Waals surface area contributed by atoms with Crippen molar-refractivity contribution in [3.05, 3.63) is 163 Å². The molecular weight excluding hydrogens is 1040 g/mol. The van der Waals surface area contributed by atoms with Gasteiger partial charge < -0.3 is 39.4 Å². The third-order valence-corrected chi connectivity index (χ3v) is 14.1. The number of carboxylic acid groups (broad SMARTS) is 2. The Morgan fingerprint density at radius 1 is 0.641 bits per heavy atom. The first kappa shape index (κ1) is 58.8. The fraction of sp³-hybridized carbons (Fsp3) is 0.367. The number of aliphatic imine (C=N–C) groups is 2. The number of hydrogen-bond acceptors (Lipinski definition) is 14. The van der Waals surface area contributed by atoms with Crippen molar-refractivity contribution >= 4 is 47.1 Å². The summed E-state index contributed by atoms with van der Waals surface area (Å²) < 4.78 is 25.9. The fourth-order valence-corrected chi connectivity index (χ4v) is 9.89. The van der Waals surface area contributed by atoms with Crippen LogP contribution in [0.5, 0.6) is 23.0 Å². The number of hydrogen-bond donors (Lipinski definition) is 4. The number of nitrogens with zero attached hydrogens (tertiary/aromatic N) is 6. The van der Waals surface area contributed by atoms with Crippen molar-refractivity contribution < 1.29 is 49.0 Å². The molecule has 3 heterocycles. The number of aliphatic carboxylic acids is 2. The second kappa shape index (κ2) is 28.6. The number of pyridine rings is 2. The lowest BCUT2D eigenvalue weighted by atomic mass is 9.92. The second-order valence-electron chi connectivity index (χ2n) is 19.1. The van der Waals surface area contributed by atoms with Gasteiger partial charge in [-0.1, -0.05) is 73.4 Å². The highest BCUT2D eigenvalue weighted by atomic mass is 35.5. The number of benzene rings is 4. The molecule has 412 valence electrons. The molecule has 0 bridgehead atoms. The van der Waals surface area contributed by atoms with E-state index in [0.29, 0.717) is 76.6 Å².